The fraction of sp³-hybridized carbons (Fsp3) is 0.500. The predicted octanol–water partition coefficient (Wildman–Crippen LogP) is 3.81. The number of amides is 1. The molecule has 2 heterocycles. The number of nitrogens with zero attached hydrogens (tertiary/aromatic N) is 2. The average Bonchev–Trinajstić information content (AvgIpc) is 3.25. The Kier molecular flexibility index (Phi) is 10.3. The highest BCUT2D eigenvalue weighted by Gasteiger charge is 2.22. The summed E-state index contributed by atoms with van der Waals surface area (Å²) < 4.78 is 16.5. The second-order valence-corrected chi connectivity index (χ2v) is 7.96. The molecule has 2 aromatic rings. The summed E-state index contributed by atoms with van der Waals surface area (Å²) in [5.41, 5.74) is 2.33. The van der Waals surface area contributed by atoms with Gasteiger partial charge in [0.15, 0.2) is 17.5 Å². The van der Waals surface area contributed by atoms with Gasteiger partial charge in [0.25, 0.3) is 0 Å². The van der Waals surface area contributed by atoms with E-state index >= 15 is 0 Å². The molecule has 0 saturated heterocycles. The van der Waals surface area contributed by atoms with E-state index in [0.717, 1.165) is 42.2 Å². The van der Waals surface area contributed by atoms with Crippen LogP contribution in [0.1, 0.15) is 48.5 Å². The number of rotatable bonds is 8. The molecule has 182 valence electrons. The van der Waals surface area contributed by atoms with E-state index in [4.69, 9.17) is 13.9 Å². The monoisotopic (exact) mass is 570 g/mol. The first kappa shape index (κ1) is 26.8. The van der Waals surface area contributed by atoms with Gasteiger partial charge in [0.1, 0.15) is 11.5 Å². The van der Waals surface area contributed by atoms with E-state index in [1.54, 1.807) is 21.3 Å². The fourth-order valence-electron chi connectivity index (χ4n) is 3.86. The summed E-state index contributed by atoms with van der Waals surface area (Å²) in [6.07, 6.45) is 2.03. The van der Waals surface area contributed by atoms with Gasteiger partial charge in [-0.15, -0.1) is 24.0 Å². The minimum atomic E-state index is 0. The summed E-state index contributed by atoms with van der Waals surface area (Å²) >= 11 is 0. The maximum absolute atomic E-state index is 12.7. The third-order valence-corrected chi connectivity index (χ3v) is 5.70. The van der Waals surface area contributed by atoms with Crippen LogP contribution in [0.2, 0.25) is 0 Å². The topological polar surface area (TPSA) is 88.3 Å². The van der Waals surface area contributed by atoms with E-state index in [0.29, 0.717) is 31.2 Å². The summed E-state index contributed by atoms with van der Waals surface area (Å²) in [5, 5.41) is 6.58. The molecule has 9 heteroatoms. The SMILES string of the molecule is CN=C(NCCCC(=O)N1CCc2cc(OC)c(OC)cc2C1)NC(C)c1ccc(C)o1.I. The van der Waals surface area contributed by atoms with Crippen molar-refractivity contribution in [1.82, 2.24) is 15.5 Å². The number of halogens is 1. The van der Waals surface area contributed by atoms with Gasteiger partial charge in [-0.2, -0.15) is 0 Å². The molecule has 33 heavy (non-hydrogen) atoms. The molecule has 1 unspecified atom stereocenters. The van der Waals surface area contributed by atoms with Gasteiger partial charge in [-0.25, -0.2) is 0 Å². The molecule has 1 aromatic carbocycles. The van der Waals surface area contributed by atoms with Crippen LogP contribution in [0.15, 0.2) is 33.7 Å². The first-order chi connectivity index (χ1) is 15.4. The number of aryl methyl sites for hydroxylation is 1. The van der Waals surface area contributed by atoms with Crippen molar-refractivity contribution in [2.75, 3.05) is 34.4 Å². The van der Waals surface area contributed by atoms with E-state index in [9.17, 15) is 4.79 Å². The number of nitrogens with one attached hydrogen (secondary N) is 2. The van der Waals surface area contributed by atoms with Gasteiger partial charge < -0.3 is 29.4 Å². The predicted molar refractivity (Wildman–Crippen MR) is 140 cm³/mol. The van der Waals surface area contributed by atoms with E-state index < -0.39 is 0 Å². The summed E-state index contributed by atoms with van der Waals surface area (Å²) in [4.78, 5) is 18.9. The molecule has 1 aliphatic heterocycles. The molecule has 0 aliphatic carbocycles. The number of guanidine groups is 1. The van der Waals surface area contributed by atoms with E-state index in [1.165, 1.54) is 5.56 Å². The molecule has 0 spiro atoms. The van der Waals surface area contributed by atoms with Gasteiger partial charge in [-0.1, -0.05) is 0 Å². The van der Waals surface area contributed by atoms with Crippen molar-refractivity contribution < 1.29 is 18.7 Å². The van der Waals surface area contributed by atoms with Gasteiger partial charge in [-0.3, -0.25) is 9.79 Å². The van der Waals surface area contributed by atoms with Crippen molar-refractivity contribution in [1.29, 1.82) is 0 Å². The normalized spacial score (nSPS) is 14.1. The van der Waals surface area contributed by atoms with Gasteiger partial charge in [0.05, 0.1) is 20.3 Å². The second kappa shape index (κ2) is 12.7. The molecule has 0 saturated carbocycles. The van der Waals surface area contributed by atoms with Crippen molar-refractivity contribution in [3.8, 4) is 11.5 Å². The third-order valence-electron chi connectivity index (χ3n) is 5.70. The molecule has 0 bridgehead atoms. The molecule has 1 aliphatic rings. The number of ether oxygens (including phenoxy) is 2. The Bertz CT molecular complexity index is 960. The van der Waals surface area contributed by atoms with Crippen LogP contribution < -0.4 is 20.1 Å². The van der Waals surface area contributed by atoms with Gasteiger partial charge in [0, 0.05) is 33.1 Å². The Hall–Kier alpha value is -2.43. The van der Waals surface area contributed by atoms with Crippen LogP contribution in [-0.2, 0) is 17.8 Å². The van der Waals surface area contributed by atoms with Crippen molar-refractivity contribution in [2.45, 2.75) is 45.7 Å². The zero-order chi connectivity index (χ0) is 23.1. The number of furan rings is 1. The fourth-order valence-corrected chi connectivity index (χ4v) is 3.86. The van der Waals surface area contributed by atoms with Crippen LogP contribution in [-0.4, -0.2) is 51.1 Å². The van der Waals surface area contributed by atoms with E-state index in [2.05, 4.69) is 15.6 Å². The highest BCUT2D eigenvalue weighted by atomic mass is 127. The van der Waals surface area contributed by atoms with Crippen LogP contribution in [0.25, 0.3) is 0 Å². The molecule has 0 radical (unpaired) electrons. The summed E-state index contributed by atoms with van der Waals surface area (Å²) in [7, 11) is 5.00. The maximum Gasteiger partial charge on any atom is 0.222 e. The van der Waals surface area contributed by atoms with E-state index in [1.807, 2.05) is 43.0 Å². The van der Waals surface area contributed by atoms with E-state index in [-0.39, 0.29) is 35.9 Å². The lowest BCUT2D eigenvalue weighted by atomic mass is 9.98. The lowest BCUT2D eigenvalue weighted by Gasteiger charge is -2.29. The Morgan fingerprint density at radius 3 is 2.52 bits per heavy atom. The van der Waals surface area contributed by atoms with Crippen LogP contribution in [0.5, 0.6) is 11.5 Å². The number of methoxy groups -OCH3 is 2. The molecule has 1 aromatic heterocycles. The zero-order valence-electron chi connectivity index (χ0n) is 20.1. The third kappa shape index (κ3) is 7.02. The number of hydrogen-bond donors (Lipinski definition) is 2. The first-order valence-electron chi connectivity index (χ1n) is 11.0. The van der Waals surface area contributed by atoms with Gasteiger partial charge in [-0.05, 0) is 62.1 Å². The van der Waals surface area contributed by atoms with Crippen LogP contribution >= 0.6 is 24.0 Å². The van der Waals surface area contributed by atoms with Crippen LogP contribution in [0.4, 0.5) is 0 Å². The molecule has 2 N–H and O–H groups in total. The number of carbonyl (C=O) groups is 1. The standard InChI is InChI=1S/C24H34N4O4.HI/c1-16-8-9-20(32-16)17(2)27-24(25-3)26-11-6-7-23(29)28-12-10-18-13-21(30-4)22(31-5)14-19(18)15-28;/h8-9,13-14,17H,6-7,10-12,15H2,1-5H3,(H2,25,26,27);1H. The summed E-state index contributed by atoms with van der Waals surface area (Å²) in [5.74, 6) is 4.02. The minimum absolute atomic E-state index is 0. The molecular formula is C24H35IN4O4. The Morgan fingerprint density at radius 2 is 1.91 bits per heavy atom. The van der Waals surface area contributed by atoms with Crippen molar-refractivity contribution >= 4 is 35.8 Å². The van der Waals surface area contributed by atoms with Crippen LogP contribution in [0, 0.1) is 6.92 Å². The molecule has 1 atom stereocenters. The number of fused-ring (bicyclic) bond motifs is 1. The number of benzene rings is 1. The number of hydrogen-bond acceptors (Lipinski definition) is 5. The second-order valence-electron chi connectivity index (χ2n) is 7.96. The Balaban J connectivity index is 0.00000385. The zero-order valence-corrected chi connectivity index (χ0v) is 22.4. The number of carbonyl (C=O) groups excluding carboxylic acids is 1. The quantitative estimate of drug-likeness (QED) is 0.217. The van der Waals surface area contributed by atoms with Gasteiger partial charge >= 0.3 is 0 Å². The number of aliphatic imine (C=N–C) groups is 1. The lowest BCUT2D eigenvalue weighted by Crippen LogP contribution is -2.40. The summed E-state index contributed by atoms with van der Waals surface area (Å²) in [6, 6.07) is 7.90. The average molecular weight is 570 g/mol. The highest BCUT2D eigenvalue weighted by Crippen LogP contribution is 2.33. The summed E-state index contributed by atoms with van der Waals surface area (Å²) in [6.45, 7) is 5.93. The minimum Gasteiger partial charge on any atom is -0.493 e. The highest BCUT2D eigenvalue weighted by molar-refractivity contribution is 14.0. The smallest absolute Gasteiger partial charge is 0.222 e. The molecule has 3 rings (SSSR count). The first-order valence-corrected chi connectivity index (χ1v) is 11.0. The maximum atomic E-state index is 12.7. The Labute approximate surface area is 213 Å². The molecule has 8 nitrogen and oxygen atoms in total. The largest absolute Gasteiger partial charge is 0.493 e. The van der Waals surface area contributed by atoms with Gasteiger partial charge in [0.2, 0.25) is 5.91 Å². The lowest BCUT2D eigenvalue weighted by molar-refractivity contribution is -0.132. The molecule has 1 amide bonds. The molecule has 0 fully saturated rings. The van der Waals surface area contributed by atoms with Crippen molar-refractivity contribution in [2.24, 2.45) is 4.99 Å². The van der Waals surface area contributed by atoms with Crippen LogP contribution in [0.3, 0.4) is 0 Å². The van der Waals surface area contributed by atoms with Crippen molar-refractivity contribution in [3.63, 3.8) is 0 Å². The molecular weight excluding hydrogens is 535 g/mol. The van der Waals surface area contributed by atoms with Crippen molar-refractivity contribution in [3.05, 3.63) is 46.9 Å². The Morgan fingerprint density at radius 1 is 1.21 bits per heavy atom.